The van der Waals surface area contributed by atoms with Gasteiger partial charge >= 0.3 is 0 Å². The molecule has 0 aliphatic carbocycles. The molecule has 20 heavy (non-hydrogen) atoms. The summed E-state index contributed by atoms with van der Waals surface area (Å²) < 4.78 is 5.09. The number of hydrogen-bond acceptors (Lipinski definition) is 2. The molecule has 0 radical (unpaired) electrons. The second-order valence-electron chi connectivity index (χ2n) is 5.97. The van der Waals surface area contributed by atoms with E-state index in [1.54, 1.807) is 6.20 Å². The van der Waals surface area contributed by atoms with Crippen LogP contribution >= 0.6 is 0 Å². The molecule has 0 N–H and O–H groups in total. The minimum Gasteiger partial charge on any atom is -0.361 e. The molecule has 1 aromatic heterocycles. The highest BCUT2D eigenvalue weighted by Crippen LogP contribution is 2.13. The lowest BCUT2D eigenvalue weighted by Gasteiger charge is -2.02. The van der Waals surface area contributed by atoms with Crippen LogP contribution in [-0.2, 0) is 6.42 Å². The molecule has 0 aromatic carbocycles. The zero-order valence-corrected chi connectivity index (χ0v) is 13.4. The molecule has 0 atom stereocenters. The summed E-state index contributed by atoms with van der Waals surface area (Å²) in [7, 11) is 0. The van der Waals surface area contributed by atoms with Crippen LogP contribution in [0.25, 0.3) is 0 Å². The molecule has 2 heteroatoms. The summed E-state index contributed by atoms with van der Waals surface area (Å²) >= 11 is 0. The van der Waals surface area contributed by atoms with Crippen molar-refractivity contribution in [3.05, 3.63) is 18.0 Å². The third-order valence-corrected chi connectivity index (χ3v) is 4.02. The fraction of sp³-hybridized carbons (Fsp3) is 0.833. The van der Waals surface area contributed by atoms with Gasteiger partial charge in [-0.1, -0.05) is 89.1 Å². The zero-order chi connectivity index (χ0) is 14.3. The van der Waals surface area contributed by atoms with Crippen LogP contribution in [0, 0.1) is 0 Å². The first kappa shape index (κ1) is 17.3. The molecule has 0 amide bonds. The summed E-state index contributed by atoms with van der Waals surface area (Å²) in [6.07, 6.45) is 21.1. The fourth-order valence-corrected chi connectivity index (χ4v) is 2.69. The summed E-state index contributed by atoms with van der Waals surface area (Å²) in [6.45, 7) is 2.28. The third kappa shape index (κ3) is 10.1. The zero-order valence-electron chi connectivity index (χ0n) is 13.4. The summed E-state index contributed by atoms with van der Waals surface area (Å²) in [4.78, 5) is 0. The van der Waals surface area contributed by atoms with E-state index in [2.05, 4.69) is 12.1 Å². The molecule has 0 bridgehead atoms. The first-order chi connectivity index (χ1) is 9.93. The van der Waals surface area contributed by atoms with Crippen molar-refractivity contribution in [3.63, 3.8) is 0 Å². The predicted molar refractivity (Wildman–Crippen MR) is 85.9 cm³/mol. The molecular weight excluding hydrogens is 246 g/mol. The lowest BCUT2D eigenvalue weighted by Crippen LogP contribution is -1.85. The number of hydrogen-bond donors (Lipinski definition) is 0. The van der Waals surface area contributed by atoms with E-state index in [9.17, 15) is 0 Å². The smallest absolute Gasteiger partial charge is 0.136 e. The van der Waals surface area contributed by atoms with E-state index in [0.717, 1.165) is 12.2 Å². The van der Waals surface area contributed by atoms with Crippen LogP contribution < -0.4 is 0 Å². The molecule has 0 aliphatic rings. The maximum absolute atomic E-state index is 5.09. The lowest BCUT2D eigenvalue weighted by molar-refractivity contribution is 0.378. The van der Waals surface area contributed by atoms with E-state index >= 15 is 0 Å². The number of nitrogens with zero attached hydrogens (tertiary/aromatic N) is 1. The molecule has 1 heterocycles. The van der Waals surface area contributed by atoms with Crippen molar-refractivity contribution < 1.29 is 4.52 Å². The molecule has 0 fully saturated rings. The minimum atomic E-state index is 1.04. The SMILES string of the molecule is CCCCCCCCCCCCCCCc1ccno1. The monoisotopic (exact) mass is 279 g/mol. The normalized spacial score (nSPS) is 11.1. The minimum absolute atomic E-state index is 1.04. The summed E-state index contributed by atoms with van der Waals surface area (Å²) in [5, 5.41) is 3.73. The highest BCUT2D eigenvalue weighted by atomic mass is 16.5. The summed E-state index contributed by atoms with van der Waals surface area (Å²) in [6, 6.07) is 1.97. The molecular formula is C18H33NO. The molecule has 116 valence electrons. The Morgan fingerprint density at radius 3 is 1.70 bits per heavy atom. The van der Waals surface area contributed by atoms with Crippen LogP contribution in [0.3, 0.4) is 0 Å². The van der Waals surface area contributed by atoms with Crippen LogP contribution in [0.15, 0.2) is 16.8 Å². The van der Waals surface area contributed by atoms with Crippen LogP contribution in [-0.4, -0.2) is 5.16 Å². The Labute approximate surface area is 125 Å². The van der Waals surface area contributed by atoms with Crippen molar-refractivity contribution in [1.29, 1.82) is 0 Å². The molecule has 1 aromatic rings. The van der Waals surface area contributed by atoms with Gasteiger partial charge in [-0.05, 0) is 6.42 Å². The van der Waals surface area contributed by atoms with Gasteiger partial charge in [0, 0.05) is 12.5 Å². The quantitative estimate of drug-likeness (QED) is 0.373. The third-order valence-electron chi connectivity index (χ3n) is 4.02. The van der Waals surface area contributed by atoms with E-state index in [4.69, 9.17) is 4.52 Å². The maximum atomic E-state index is 5.09. The molecule has 0 spiro atoms. The van der Waals surface area contributed by atoms with E-state index in [1.165, 1.54) is 83.5 Å². The first-order valence-electron chi connectivity index (χ1n) is 8.83. The lowest BCUT2D eigenvalue weighted by atomic mass is 10.0. The molecule has 0 saturated carbocycles. The van der Waals surface area contributed by atoms with Crippen molar-refractivity contribution in [2.75, 3.05) is 0 Å². The van der Waals surface area contributed by atoms with E-state index in [-0.39, 0.29) is 0 Å². The second kappa shape index (κ2) is 13.2. The van der Waals surface area contributed by atoms with Crippen molar-refractivity contribution in [1.82, 2.24) is 5.16 Å². The van der Waals surface area contributed by atoms with Gasteiger partial charge in [0.05, 0.1) is 6.20 Å². The highest BCUT2D eigenvalue weighted by molar-refractivity contribution is 4.92. The van der Waals surface area contributed by atoms with Gasteiger partial charge in [0.1, 0.15) is 5.76 Å². The molecule has 2 nitrogen and oxygen atoms in total. The van der Waals surface area contributed by atoms with Crippen molar-refractivity contribution >= 4 is 0 Å². The Morgan fingerprint density at radius 2 is 1.25 bits per heavy atom. The number of unbranched alkanes of at least 4 members (excludes halogenated alkanes) is 12. The topological polar surface area (TPSA) is 26.0 Å². The number of rotatable bonds is 14. The standard InChI is InChI=1S/C18H33NO/c1-2-3-4-5-6-7-8-9-10-11-12-13-14-15-18-16-17-19-20-18/h16-17H,2-15H2,1H3. The average Bonchev–Trinajstić information content (AvgIpc) is 2.97. The molecule has 0 aliphatic heterocycles. The Hall–Kier alpha value is -0.790. The van der Waals surface area contributed by atoms with E-state index in [1.807, 2.05) is 6.07 Å². The van der Waals surface area contributed by atoms with E-state index in [0.29, 0.717) is 0 Å². The van der Waals surface area contributed by atoms with Gasteiger partial charge in [-0.25, -0.2) is 0 Å². The number of aryl methyl sites for hydroxylation is 1. The fourth-order valence-electron chi connectivity index (χ4n) is 2.69. The number of aromatic nitrogens is 1. The van der Waals surface area contributed by atoms with Gasteiger partial charge in [-0.15, -0.1) is 0 Å². The van der Waals surface area contributed by atoms with Crippen LogP contribution in [0.1, 0.15) is 96.2 Å². The Bertz CT molecular complexity index is 282. The summed E-state index contributed by atoms with van der Waals surface area (Å²) in [5.74, 6) is 1.04. The van der Waals surface area contributed by atoms with Crippen LogP contribution in [0.2, 0.25) is 0 Å². The van der Waals surface area contributed by atoms with Gasteiger partial charge < -0.3 is 4.52 Å². The van der Waals surface area contributed by atoms with E-state index < -0.39 is 0 Å². The van der Waals surface area contributed by atoms with Gasteiger partial charge in [0.15, 0.2) is 0 Å². The molecule has 1 rings (SSSR count). The van der Waals surface area contributed by atoms with Crippen LogP contribution in [0.5, 0.6) is 0 Å². The van der Waals surface area contributed by atoms with Crippen molar-refractivity contribution in [2.24, 2.45) is 0 Å². The van der Waals surface area contributed by atoms with Gasteiger partial charge in [-0.3, -0.25) is 0 Å². The Morgan fingerprint density at radius 1 is 0.750 bits per heavy atom. The summed E-state index contributed by atoms with van der Waals surface area (Å²) in [5.41, 5.74) is 0. The van der Waals surface area contributed by atoms with Crippen LogP contribution in [0.4, 0.5) is 0 Å². The second-order valence-corrected chi connectivity index (χ2v) is 5.97. The van der Waals surface area contributed by atoms with Gasteiger partial charge in [0.25, 0.3) is 0 Å². The van der Waals surface area contributed by atoms with Gasteiger partial charge in [-0.2, -0.15) is 0 Å². The van der Waals surface area contributed by atoms with Gasteiger partial charge in [0.2, 0.25) is 0 Å². The van der Waals surface area contributed by atoms with Crippen molar-refractivity contribution in [3.8, 4) is 0 Å². The van der Waals surface area contributed by atoms with Crippen molar-refractivity contribution in [2.45, 2.75) is 96.8 Å². The average molecular weight is 279 g/mol. The highest BCUT2D eigenvalue weighted by Gasteiger charge is 1.97. The maximum Gasteiger partial charge on any atom is 0.136 e. The first-order valence-corrected chi connectivity index (χ1v) is 8.83. The molecule has 0 unspecified atom stereocenters. The Kier molecular flexibility index (Phi) is 11.4. The predicted octanol–water partition coefficient (Wildman–Crippen LogP) is 6.31. The largest absolute Gasteiger partial charge is 0.361 e. The Balaban J connectivity index is 1.70. The molecule has 0 saturated heterocycles.